The monoisotopic (exact) mass is 280 g/mol. The Kier molecular flexibility index (Phi) is 3.78. The minimum absolute atomic E-state index is 0.639. The molecule has 5 heteroatoms. The number of piperidine rings is 1. The van der Waals surface area contributed by atoms with E-state index in [-0.39, 0.29) is 0 Å². The number of thiazole rings is 1. The lowest BCUT2D eigenvalue weighted by molar-refractivity contribution is 0.253. The summed E-state index contributed by atoms with van der Waals surface area (Å²) in [6.07, 6.45) is 5.08. The summed E-state index contributed by atoms with van der Waals surface area (Å²) in [7, 11) is 4.41. The molecule has 1 aliphatic carbocycles. The minimum Gasteiger partial charge on any atom is -0.348 e. The zero-order valence-electron chi connectivity index (χ0n) is 11.9. The fraction of sp³-hybridized carbons (Fsp3) is 0.786. The minimum atomic E-state index is 0.639. The van der Waals surface area contributed by atoms with Crippen LogP contribution in [0.5, 0.6) is 0 Å². The highest BCUT2D eigenvalue weighted by Crippen LogP contribution is 2.44. The largest absolute Gasteiger partial charge is 0.348 e. The summed E-state index contributed by atoms with van der Waals surface area (Å²) >= 11 is 1.81. The number of anilines is 1. The maximum Gasteiger partial charge on any atom is 0.185 e. The Bertz CT molecular complexity index is 433. The SMILES string of the molecule is CN1CCC(N(C)c2nc(C3CC3)c(CN)s2)CC1. The Morgan fingerprint density at radius 1 is 1.32 bits per heavy atom. The van der Waals surface area contributed by atoms with Crippen molar-refractivity contribution in [2.45, 2.75) is 44.2 Å². The Balaban J connectivity index is 1.73. The quantitative estimate of drug-likeness (QED) is 0.916. The molecule has 4 nitrogen and oxygen atoms in total. The van der Waals surface area contributed by atoms with E-state index in [9.17, 15) is 0 Å². The second-order valence-corrected chi connectivity index (χ2v) is 6.99. The second-order valence-electron chi connectivity index (χ2n) is 5.93. The molecule has 2 heterocycles. The van der Waals surface area contributed by atoms with E-state index in [2.05, 4.69) is 23.9 Å². The van der Waals surface area contributed by atoms with E-state index in [1.807, 2.05) is 0 Å². The van der Waals surface area contributed by atoms with E-state index in [0.29, 0.717) is 18.5 Å². The molecule has 3 rings (SSSR count). The fourth-order valence-electron chi connectivity index (χ4n) is 2.86. The van der Waals surface area contributed by atoms with Crippen LogP contribution in [0.3, 0.4) is 0 Å². The molecule has 106 valence electrons. The first kappa shape index (κ1) is 13.3. The summed E-state index contributed by atoms with van der Waals surface area (Å²) in [5.74, 6) is 0.703. The highest BCUT2D eigenvalue weighted by molar-refractivity contribution is 7.15. The third kappa shape index (κ3) is 2.78. The van der Waals surface area contributed by atoms with Gasteiger partial charge in [0.15, 0.2) is 5.13 Å². The molecule has 2 aliphatic rings. The number of nitrogens with two attached hydrogens (primary N) is 1. The Morgan fingerprint density at radius 2 is 2.00 bits per heavy atom. The molecule has 1 saturated heterocycles. The van der Waals surface area contributed by atoms with E-state index in [4.69, 9.17) is 10.7 Å². The van der Waals surface area contributed by atoms with Crippen molar-refractivity contribution in [1.82, 2.24) is 9.88 Å². The van der Waals surface area contributed by atoms with Crippen LogP contribution >= 0.6 is 11.3 Å². The van der Waals surface area contributed by atoms with Crippen molar-refractivity contribution in [2.24, 2.45) is 5.73 Å². The van der Waals surface area contributed by atoms with E-state index < -0.39 is 0 Å². The predicted molar refractivity (Wildman–Crippen MR) is 80.9 cm³/mol. The highest BCUT2D eigenvalue weighted by atomic mass is 32.1. The van der Waals surface area contributed by atoms with E-state index in [0.717, 1.165) is 0 Å². The van der Waals surface area contributed by atoms with Crippen molar-refractivity contribution in [1.29, 1.82) is 0 Å². The van der Waals surface area contributed by atoms with Crippen molar-refractivity contribution in [3.05, 3.63) is 10.6 Å². The van der Waals surface area contributed by atoms with Crippen LogP contribution in [0.25, 0.3) is 0 Å². The molecular formula is C14H24N4S. The molecule has 1 saturated carbocycles. The van der Waals surface area contributed by atoms with Crippen LogP contribution in [-0.4, -0.2) is 43.1 Å². The molecule has 1 aromatic rings. The molecule has 0 spiro atoms. The van der Waals surface area contributed by atoms with E-state index in [1.165, 1.54) is 54.5 Å². The summed E-state index contributed by atoms with van der Waals surface area (Å²) < 4.78 is 0. The van der Waals surface area contributed by atoms with Gasteiger partial charge in [0.2, 0.25) is 0 Å². The van der Waals surface area contributed by atoms with Crippen molar-refractivity contribution in [2.75, 3.05) is 32.1 Å². The average molecular weight is 280 g/mol. The van der Waals surface area contributed by atoms with Gasteiger partial charge in [0, 0.05) is 30.4 Å². The van der Waals surface area contributed by atoms with Gasteiger partial charge >= 0.3 is 0 Å². The first-order valence-corrected chi connectivity index (χ1v) is 8.11. The molecule has 0 atom stereocenters. The zero-order chi connectivity index (χ0) is 13.4. The number of aromatic nitrogens is 1. The molecule has 0 unspecified atom stereocenters. The Labute approximate surface area is 119 Å². The maximum atomic E-state index is 5.87. The Hall–Kier alpha value is -0.650. The van der Waals surface area contributed by atoms with Crippen LogP contribution in [0.4, 0.5) is 5.13 Å². The lowest BCUT2D eigenvalue weighted by atomic mass is 10.0. The van der Waals surface area contributed by atoms with Gasteiger partial charge in [-0.15, -0.1) is 11.3 Å². The third-order valence-electron chi connectivity index (χ3n) is 4.40. The smallest absolute Gasteiger partial charge is 0.185 e. The van der Waals surface area contributed by atoms with Gasteiger partial charge < -0.3 is 15.5 Å². The van der Waals surface area contributed by atoms with Gasteiger partial charge in [-0.25, -0.2) is 4.98 Å². The Morgan fingerprint density at radius 3 is 2.58 bits per heavy atom. The van der Waals surface area contributed by atoms with Gasteiger partial charge in [0.25, 0.3) is 0 Å². The summed E-state index contributed by atoms with van der Waals surface area (Å²) in [6.45, 7) is 3.03. The molecule has 0 bridgehead atoms. The average Bonchev–Trinajstić information content (AvgIpc) is 3.18. The van der Waals surface area contributed by atoms with E-state index >= 15 is 0 Å². The zero-order valence-corrected chi connectivity index (χ0v) is 12.7. The van der Waals surface area contributed by atoms with Crippen LogP contribution in [0, 0.1) is 0 Å². The number of hydrogen-bond acceptors (Lipinski definition) is 5. The van der Waals surface area contributed by atoms with Crippen molar-refractivity contribution in [3.8, 4) is 0 Å². The first-order valence-electron chi connectivity index (χ1n) is 7.30. The van der Waals surface area contributed by atoms with Crippen molar-refractivity contribution in [3.63, 3.8) is 0 Å². The number of likely N-dealkylation sites (tertiary alicyclic amines) is 1. The predicted octanol–water partition coefficient (Wildman–Crippen LogP) is 2.01. The van der Waals surface area contributed by atoms with E-state index in [1.54, 1.807) is 11.3 Å². The van der Waals surface area contributed by atoms with Crippen LogP contribution in [0.15, 0.2) is 0 Å². The number of rotatable bonds is 4. The first-order chi connectivity index (χ1) is 9.19. The van der Waals surface area contributed by atoms with Gasteiger partial charge in [0.05, 0.1) is 5.69 Å². The van der Waals surface area contributed by atoms with Crippen LogP contribution in [0.2, 0.25) is 0 Å². The summed E-state index contributed by atoms with van der Waals surface area (Å²) in [6, 6.07) is 0.639. The van der Waals surface area contributed by atoms with Gasteiger partial charge in [0.1, 0.15) is 0 Å². The van der Waals surface area contributed by atoms with Gasteiger partial charge in [-0.1, -0.05) is 0 Å². The topological polar surface area (TPSA) is 45.4 Å². The van der Waals surface area contributed by atoms with Crippen LogP contribution in [-0.2, 0) is 6.54 Å². The number of nitrogens with zero attached hydrogens (tertiary/aromatic N) is 3. The molecule has 2 fully saturated rings. The fourth-order valence-corrected chi connectivity index (χ4v) is 3.92. The molecular weight excluding hydrogens is 256 g/mol. The third-order valence-corrected chi connectivity index (χ3v) is 5.59. The highest BCUT2D eigenvalue weighted by Gasteiger charge is 2.31. The summed E-state index contributed by atoms with van der Waals surface area (Å²) in [4.78, 5) is 11.0. The maximum absolute atomic E-state index is 5.87. The lowest BCUT2D eigenvalue weighted by Crippen LogP contribution is -2.41. The lowest BCUT2D eigenvalue weighted by Gasteiger charge is -2.34. The second kappa shape index (κ2) is 5.38. The molecule has 0 radical (unpaired) electrons. The normalized spacial score (nSPS) is 21.8. The molecule has 0 amide bonds. The summed E-state index contributed by atoms with van der Waals surface area (Å²) in [5.41, 5.74) is 7.17. The molecule has 1 aliphatic heterocycles. The standard InChI is InChI=1S/C14H24N4S/c1-17-7-5-11(6-8-17)18(2)14-16-13(10-3-4-10)12(9-15)19-14/h10-11H,3-9,15H2,1-2H3. The summed E-state index contributed by atoms with van der Waals surface area (Å²) in [5, 5.41) is 1.18. The van der Waals surface area contributed by atoms with Gasteiger partial charge in [-0.3, -0.25) is 0 Å². The molecule has 19 heavy (non-hydrogen) atoms. The van der Waals surface area contributed by atoms with Gasteiger partial charge in [-0.05, 0) is 45.8 Å². The van der Waals surface area contributed by atoms with Crippen molar-refractivity contribution >= 4 is 16.5 Å². The number of hydrogen-bond donors (Lipinski definition) is 1. The van der Waals surface area contributed by atoms with Gasteiger partial charge in [-0.2, -0.15) is 0 Å². The van der Waals surface area contributed by atoms with Crippen LogP contribution < -0.4 is 10.6 Å². The van der Waals surface area contributed by atoms with Crippen molar-refractivity contribution < 1.29 is 0 Å². The molecule has 2 N–H and O–H groups in total. The van der Waals surface area contributed by atoms with Crippen LogP contribution in [0.1, 0.15) is 42.2 Å². The molecule has 1 aromatic heterocycles. The molecule has 0 aromatic carbocycles.